The van der Waals surface area contributed by atoms with E-state index in [9.17, 15) is 0 Å². The molecule has 0 aromatic heterocycles. The van der Waals surface area contributed by atoms with Gasteiger partial charge < -0.3 is 14.4 Å². The Kier molecular flexibility index (Phi) is 6.48. The summed E-state index contributed by atoms with van der Waals surface area (Å²) in [6.45, 7) is 5.78. The van der Waals surface area contributed by atoms with Gasteiger partial charge in [-0.1, -0.05) is 17.7 Å². The Morgan fingerprint density at radius 1 is 1.05 bits per heavy atom. The Bertz CT molecular complexity index is 367. The smallest absolute Gasteiger partial charge is 0.120 e. The zero-order valence-electron chi connectivity index (χ0n) is 11.4. The molecule has 0 amide bonds. The van der Waals surface area contributed by atoms with E-state index in [0.717, 1.165) is 18.9 Å². The summed E-state index contributed by atoms with van der Waals surface area (Å²) in [7, 11) is 0. The van der Waals surface area contributed by atoms with Gasteiger partial charge in [0, 0.05) is 5.02 Å². The number of ether oxygens (including phenoxy) is 2. The third-order valence-corrected chi connectivity index (χ3v) is 3.69. The van der Waals surface area contributed by atoms with Crippen LogP contribution in [0.4, 0.5) is 0 Å². The number of quaternary nitrogens is 1. The highest BCUT2D eigenvalue weighted by Crippen LogP contribution is 2.16. The van der Waals surface area contributed by atoms with Crippen LogP contribution >= 0.6 is 11.6 Å². The molecule has 0 atom stereocenters. The van der Waals surface area contributed by atoms with Crippen LogP contribution in [0.3, 0.4) is 0 Å². The molecule has 1 saturated heterocycles. The topological polar surface area (TPSA) is 22.9 Å². The van der Waals surface area contributed by atoms with E-state index >= 15 is 0 Å². The Hall–Kier alpha value is -0.770. The third-order valence-electron chi connectivity index (χ3n) is 3.45. The number of rotatable bonds is 7. The standard InChI is InChI=1S/C15H22ClNO2/c16-14-5-4-6-15(13-14)19-12-11-18-10-9-17-7-2-1-3-8-17/h4-6,13H,1-3,7-12H2/p+1. The van der Waals surface area contributed by atoms with Crippen LogP contribution in [0.15, 0.2) is 24.3 Å². The van der Waals surface area contributed by atoms with Crippen LogP contribution in [0.1, 0.15) is 19.3 Å². The summed E-state index contributed by atoms with van der Waals surface area (Å²) in [5.74, 6) is 0.803. The van der Waals surface area contributed by atoms with Crippen molar-refractivity contribution in [3.8, 4) is 5.75 Å². The zero-order chi connectivity index (χ0) is 13.3. The van der Waals surface area contributed by atoms with Crippen LogP contribution in [-0.2, 0) is 4.74 Å². The van der Waals surface area contributed by atoms with E-state index in [2.05, 4.69) is 0 Å². The van der Waals surface area contributed by atoms with Gasteiger partial charge in [0.2, 0.25) is 0 Å². The first-order valence-electron chi connectivity index (χ1n) is 7.14. The number of halogens is 1. The second-order valence-electron chi connectivity index (χ2n) is 4.98. The van der Waals surface area contributed by atoms with Gasteiger partial charge in [-0.05, 0) is 37.5 Å². The molecule has 1 heterocycles. The molecule has 1 aliphatic heterocycles. The van der Waals surface area contributed by atoms with Crippen molar-refractivity contribution in [1.82, 2.24) is 0 Å². The predicted octanol–water partition coefficient (Wildman–Crippen LogP) is 1.80. The molecule has 1 aromatic carbocycles. The van der Waals surface area contributed by atoms with Gasteiger partial charge in [-0.3, -0.25) is 0 Å². The van der Waals surface area contributed by atoms with E-state index in [1.165, 1.54) is 32.4 Å². The lowest BCUT2D eigenvalue weighted by Gasteiger charge is -2.23. The molecule has 0 saturated carbocycles. The highest BCUT2D eigenvalue weighted by Gasteiger charge is 2.12. The number of hydrogen-bond donors (Lipinski definition) is 1. The monoisotopic (exact) mass is 284 g/mol. The Balaban J connectivity index is 1.50. The molecule has 1 aliphatic rings. The normalized spacial score (nSPS) is 16.5. The summed E-state index contributed by atoms with van der Waals surface area (Å²) in [6, 6.07) is 7.45. The third kappa shape index (κ3) is 5.81. The Morgan fingerprint density at radius 2 is 1.89 bits per heavy atom. The van der Waals surface area contributed by atoms with Crippen molar-refractivity contribution in [1.29, 1.82) is 0 Å². The van der Waals surface area contributed by atoms with Gasteiger partial charge in [0.25, 0.3) is 0 Å². The molecule has 0 aliphatic carbocycles. The first kappa shape index (κ1) is 14.6. The Morgan fingerprint density at radius 3 is 2.68 bits per heavy atom. The van der Waals surface area contributed by atoms with E-state index in [1.807, 2.05) is 24.3 Å². The molecule has 19 heavy (non-hydrogen) atoms. The second-order valence-corrected chi connectivity index (χ2v) is 5.42. The molecule has 0 bridgehead atoms. The molecule has 1 fully saturated rings. The fraction of sp³-hybridized carbons (Fsp3) is 0.600. The van der Waals surface area contributed by atoms with E-state index in [-0.39, 0.29) is 0 Å². The summed E-state index contributed by atoms with van der Waals surface area (Å²) in [5.41, 5.74) is 0. The van der Waals surface area contributed by atoms with Crippen molar-refractivity contribution in [3.63, 3.8) is 0 Å². The molecular weight excluding hydrogens is 262 g/mol. The number of likely N-dealkylation sites (tertiary alicyclic amines) is 1. The molecule has 3 nitrogen and oxygen atoms in total. The molecule has 0 spiro atoms. The predicted molar refractivity (Wildman–Crippen MR) is 77.2 cm³/mol. The summed E-state index contributed by atoms with van der Waals surface area (Å²) >= 11 is 5.88. The minimum atomic E-state index is 0.579. The summed E-state index contributed by atoms with van der Waals surface area (Å²) in [6.07, 6.45) is 4.14. The first-order valence-corrected chi connectivity index (χ1v) is 7.52. The van der Waals surface area contributed by atoms with Gasteiger partial charge in [0.15, 0.2) is 0 Å². The number of benzene rings is 1. The maximum absolute atomic E-state index is 5.88. The van der Waals surface area contributed by atoms with E-state index < -0.39 is 0 Å². The molecule has 1 aromatic rings. The minimum Gasteiger partial charge on any atom is -0.491 e. The van der Waals surface area contributed by atoms with Gasteiger partial charge in [-0.2, -0.15) is 0 Å². The number of hydrogen-bond acceptors (Lipinski definition) is 2. The molecule has 1 N–H and O–H groups in total. The molecule has 106 valence electrons. The van der Waals surface area contributed by atoms with E-state index in [4.69, 9.17) is 21.1 Å². The van der Waals surface area contributed by atoms with Crippen molar-refractivity contribution in [3.05, 3.63) is 29.3 Å². The van der Waals surface area contributed by atoms with Crippen molar-refractivity contribution >= 4 is 11.6 Å². The average Bonchev–Trinajstić information content (AvgIpc) is 2.44. The molecular formula is C15H23ClNO2+. The lowest BCUT2D eigenvalue weighted by molar-refractivity contribution is -0.905. The van der Waals surface area contributed by atoms with Gasteiger partial charge in [-0.25, -0.2) is 0 Å². The lowest BCUT2D eigenvalue weighted by Crippen LogP contribution is -3.13. The number of piperidine rings is 1. The number of nitrogens with one attached hydrogen (secondary N) is 1. The fourth-order valence-electron chi connectivity index (χ4n) is 2.40. The minimum absolute atomic E-state index is 0.579. The van der Waals surface area contributed by atoms with Crippen molar-refractivity contribution in [2.75, 3.05) is 39.5 Å². The van der Waals surface area contributed by atoms with Crippen molar-refractivity contribution in [2.45, 2.75) is 19.3 Å². The molecule has 0 unspecified atom stereocenters. The summed E-state index contributed by atoms with van der Waals surface area (Å²) < 4.78 is 11.2. The van der Waals surface area contributed by atoms with Gasteiger partial charge in [0.05, 0.1) is 26.3 Å². The quantitative estimate of drug-likeness (QED) is 0.772. The average molecular weight is 285 g/mol. The van der Waals surface area contributed by atoms with Crippen LogP contribution in [0.5, 0.6) is 5.75 Å². The van der Waals surface area contributed by atoms with Crippen LogP contribution in [-0.4, -0.2) is 39.5 Å². The van der Waals surface area contributed by atoms with Crippen LogP contribution < -0.4 is 9.64 Å². The summed E-state index contributed by atoms with van der Waals surface area (Å²) in [5, 5.41) is 0.701. The highest BCUT2D eigenvalue weighted by molar-refractivity contribution is 6.30. The Labute approximate surface area is 120 Å². The first-order chi connectivity index (χ1) is 9.34. The van der Waals surface area contributed by atoms with E-state index in [0.29, 0.717) is 18.2 Å². The highest BCUT2D eigenvalue weighted by atomic mass is 35.5. The van der Waals surface area contributed by atoms with Gasteiger partial charge in [0.1, 0.15) is 18.9 Å². The van der Waals surface area contributed by atoms with Gasteiger partial charge in [-0.15, -0.1) is 0 Å². The van der Waals surface area contributed by atoms with Crippen molar-refractivity contribution < 1.29 is 14.4 Å². The van der Waals surface area contributed by atoms with Crippen LogP contribution in [0, 0.1) is 0 Å². The second kappa shape index (κ2) is 8.41. The van der Waals surface area contributed by atoms with Crippen LogP contribution in [0.2, 0.25) is 5.02 Å². The molecule has 0 radical (unpaired) electrons. The zero-order valence-corrected chi connectivity index (χ0v) is 12.1. The maximum atomic E-state index is 5.88. The maximum Gasteiger partial charge on any atom is 0.120 e. The SMILES string of the molecule is Clc1cccc(OCCOCC[NH+]2CCCCC2)c1. The van der Waals surface area contributed by atoms with E-state index in [1.54, 1.807) is 4.90 Å². The van der Waals surface area contributed by atoms with Crippen LogP contribution in [0.25, 0.3) is 0 Å². The molecule has 4 heteroatoms. The molecule has 2 rings (SSSR count). The largest absolute Gasteiger partial charge is 0.491 e. The lowest BCUT2D eigenvalue weighted by atomic mass is 10.1. The van der Waals surface area contributed by atoms with Gasteiger partial charge >= 0.3 is 0 Å². The van der Waals surface area contributed by atoms with Crippen molar-refractivity contribution in [2.24, 2.45) is 0 Å². The summed E-state index contributed by atoms with van der Waals surface area (Å²) in [4.78, 5) is 1.68. The fourth-order valence-corrected chi connectivity index (χ4v) is 2.58.